The molecule has 1 fully saturated rings. The van der Waals surface area contributed by atoms with Gasteiger partial charge in [-0.1, -0.05) is 39.0 Å². The summed E-state index contributed by atoms with van der Waals surface area (Å²) in [6.45, 7) is 10.1. The average Bonchev–Trinajstić information content (AvgIpc) is 3.09. The van der Waals surface area contributed by atoms with Crippen molar-refractivity contribution in [2.45, 2.75) is 27.2 Å². The third kappa shape index (κ3) is 4.45. The van der Waals surface area contributed by atoms with Crippen molar-refractivity contribution in [2.24, 2.45) is 5.41 Å². The Morgan fingerprint density at radius 2 is 1.76 bits per heavy atom. The van der Waals surface area contributed by atoms with Gasteiger partial charge in [0.2, 0.25) is 17.7 Å². The number of amides is 1. The fourth-order valence-corrected chi connectivity index (χ4v) is 2.95. The molecule has 1 aromatic heterocycles. The predicted molar refractivity (Wildman–Crippen MR) is 95.9 cm³/mol. The van der Waals surface area contributed by atoms with Crippen molar-refractivity contribution < 1.29 is 9.21 Å². The maximum absolute atomic E-state index is 12.3. The van der Waals surface area contributed by atoms with E-state index in [-0.39, 0.29) is 11.3 Å². The molecule has 3 rings (SSSR count). The van der Waals surface area contributed by atoms with E-state index in [1.54, 1.807) is 0 Å². The van der Waals surface area contributed by atoms with Crippen LogP contribution in [0.3, 0.4) is 0 Å². The van der Waals surface area contributed by atoms with Gasteiger partial charge in [0.1, 0.15) is 0 Å². The lowest BCUT2D eigenvalue weighted by Crippen LogP contribution is -2.51. The lowest BCUT2D eigenvalue weighted by Gasteiger charge is -2.37. The Balaban J connectivity index is 1.48. The summed E-state index contributed by atoms with van der Waals surface area (Å²) in [5, 5.41) is 8.27. The number of benzene rings is 1. The lowest BCUT2D eigenvalue weighted by molar-refractivity contribution is -0.141. The van der Waals surface area contributed by atoms with Gasteiger partial charge < -0.3 is 9.32 Å². The number of piperazine rings is 1. The van der Waals surface area contributed by atoms with Gasteiger partial charge in [0.25, 0.3) is 0 Å². The van der Waals surface area contributed by atoms with Crippen LogP contribution in [-0.4, -0.2) is 58.6 Å². The SMILES string of the molecule is CC(C)(C)C(=O)N1CCN(CCc2nnc(-c3ccccc3)o2)CC1. The van der Waals surface area contributed by atoms with Crippen molar-refractivity contribution in [1.82, 2.24) is 20.0 Å². The van der Waals surface area contributed by atoms with Gasteiger partial charge in [0, 0.05) is 50.1 Å². The summed E-state index contributed by atoms with van der Waals surface area (Å²) in [4.78, 5) is 16.6. The molecule has 1 aromatic carbocycles. The maximum atomic E-state index is 12.3. The monoisotopic (exact) mass is 342 g/mol. The molecular formula is C19H26N4O2. The van der Waals surface area contributed by atoms with Crippen LogP contribution in [0, 0.1) is 5.41 Å². The van der Waals surface area contributed by atoms with Crippen molar-refractivity contribution in [3.63, 3.8) is 0 Å². The first-order chi connectivity index (χ1) is 11.9. The average molecular weight is 342 g/mol. The fraction of sp³-hybridized carbons (Fsp3) is 0.526. The second kappa shape index (κ2) is 7.35. The van der Waals surface area contributed by atoms with E-state index in [1.807, 2.05) is 56.0 Å². The standard InChI is InChI=1S/C19H26N4O2/c1-19(2,3)18(24)23-13-11-22(12-14-23)10-9-16-20-21-17(25-16)15-7-5-4-6-8-15/h4-8H,9-14H2,1-3H3. The van der Waals surface area contributed by atoms with Crippen LogP contribution in [0.2, 0.25) is 0 Å². The van der Waals surface area contributed by atoms with Gasteiger partial charge in [-0.2, -0.15) is 0 Å². The van der Waals surface area contributed by atoms with Crippen LogP contribution >= 0.6 is 0 Å². The van der Waals surface area contributed by atoms with E-state index in [4.69, 9.17) is 4.42 Å². The molecule has 0 atom stereocenters. The Labute approximate surface area is 148 Å². The molecule has 2 aromatic rings. The largest absolute Gasteiger partial charge is 0.421 e. The Kier molecular flexibility index (Phi) is 5.18. The normalized spacial score (nSPS) is 16.2. The molecule has 0 N–H and O–H groups in total. The lowest BCUT2D eigenvalue weighted by atomic mass is 9.94. The van der Waals surface area contributed by atoms with Crippen LogP contribution in [0.5, 0.6) is 0 Å². The van der Waals surface area contributed by atoms with Crippen LogP contribution < -0.4 is 0 Å². The molecule has 0 spiro atoms. The van der Waals surface area contributed by atoms with E-state index in [0.29, 0.717) is 11.8 Å². The molecule has 25 heavy (non-hydrogen) atoms. The highest BCUT2D eigenvalue weighted by Crippen LogP contribution is 2.19. The highest BCUT2D eigenvalue weighted by atomic mass is 16.4. The molecule has 0 radical (unpaired) electrons. The molecule has 0 aliphatic carbocycles. The van der Waals surface area contributed by atoms with Crippen molar-refractivity contribution in [2.75, 3.05) is 32.7 Å². The zero-order valence-corrected chi connectivity index (χ0v) is 15.2. The van der Waals surface area contributed by atoms with Crippen LogP contribution in [-0.2, 0) is 11.2 Å². The summed E-state index contributed by atoms with van der Waals surface area (Å²) in [6, 6.07) is 9.80. The van der Waals surface area contributed by atoms with Crippen molar-refractivity contribution in [1.29, 1.82) is 0 Å². The summed E-state index contributed by atoms with van der Waals surface area (Å²) in [7, 11) is 0. The van der Waals surface area contributed by atoms with E-state index in [9.17, 15) is 4.79 Å². The van der Waals surface area contributed by atoms with Crippen LogP contribution in [0.4, 0.5) is 0 Å². The molecule has 2 heterocycles. The first-order valence-electron chi connectivity index (χ1n) is 8.83. The van der Waals surface area contributed by atoms with Crippen LogP contribution in [0.15, 0.2) is 34.7 Å². The topological polar surface area (TPSA) is 62.5 Å². The highest BCUT2D eigenvalue weighted by molar-refractivity contribution is 5.81. The van der Waals surface area contributed by atoms with Gasteiger partial charge in [-0.05, 0) is 12.1 Å². The predicted octanol–water partition coefficient (Wildman–Crippen LogP) is 2.47. The summed E-state index contributed by atoms with van der Waals surface area (Å²) in [5.74, 6) is 1.46. The number of hydrogen-bond acceptors (Lipinski definition) is 5. The zero-order chi connectivity index (χ0) is 17.9. The molecular weight excluding hydrogens is 316 g/mol. The third-order valence-corrected chi connectivity index (χ3v) is 4.43. The first kappa shape index (κ1) is 17.6. The van der Waals surface area contributed by atoms with E-state index in [1.165, 1.54) is 0 Å². The van der Waals surface area contributed by atoms with E-state index >= 15 is 0 Å². The van der Waals surface area contributed by atoms with E-state index in [0.717, 1.165) is 44.7 Å². The van der Waals surface area contributed by atoms with Gasteiger partial charge in [-0.3, -0.25) is 9.69 Å². The fourth-order valence-electron chi connectivity index (χ4n) is 2.95. The third-order valence-electron chi connectivity index (χ3n) is 4.43. The van der Waals surface area contributed by atoms with Crippen molar-refractivity contribution in [3.05, 3.63) is 36.2 Å². The van der Waals surface area contributed by atoms with Crippen LogP contribution in [0.1, 0.15) is 26.7 Å². The number of hydrogen-bond donors (Lipinski definition) is 0. The Morgan fingerprint density at radius 1 is 1.08 bits per heavy atom. The maximum Gasteiger partial charge on any atom is 0.247 e. The molecule has 1 amide bonds. The minimum Gasteiger partial charge on any atom is -0.421 e. The van der Waals surface area contributed by atoms with Gasteiger partial charge in [0.05, 0.1) is 0 Å². The minimum atomic E-state index is -0.306. The van der Waals surface area contributed by atoms with Crippen LogP contribution in [0.25, 0.3) is 11.5 Å². The second-order valence-electron chi connectivity index (χ2n) is 7.50. The molecule has 1 aliphatic rings. The summed E-state index contributed by atoms with van der Waals surface area (Å²) >= 11 is 0. The number of rotatable bonds is 4. The summed E-state index contributed by atoms with van der Waals surface area (Å²) in [6.07, 6.45) is 0.729. The van der Waals surface area contributed by atoms with Gasteiger partial charge in [-0.15, -0.1) is 10.2 Å². The number of carbonyl (C=O) groups excluding carboxylic acids is 1. The highest BCUT2D eigenvalue weighted by Gasteiger charge is 2.29. The van der Waals surface area contributed by atoms with Gasteiger partial charge >= 0.3 is 0 Å². The Morgan fingerprint density at radius 3 is 2.40 bits per heavy atom. The van der Waals surface area contributed by atoms with E-state index < -0.39 is 0 Å². The molecule has 1 saturated heterocycles. The summed E-state index contributed by atoms with van der Waals surface area (Å²) in [5.41, 5.74) is 0.635. The van der Waals surface area contributed by atoms with Crippen molar-refractivity contribution >= 4 is 5.91 Å². The number of carbonyl (C=O) groups is 1. The molecule has 0 unspecified atom stereocenters. The van der Waals surface area contributed by atoms with E-state index in [2.05, 4.69) is 15.1 Å². The number of nitrogens with zero attached hydrogens (tertiary/aromatic N) is 4. The summed E-state index contributed by atoms with van der Waals surface area (Å²) < 4.78 is 5.75. The molecule has 0 bridgehead atoms. The number of aromatic nitrogens is 2. The Hall–Kier alpha value is -2.21. The minimum absolute atomic E-state index is 0.233. The Bertz CT molecular complexity index is 698. The molecule has 6 heteroatoms. The quantitative estimate of drug-likeness (QED) is 0.854. The second-order valence-corrected chi connectivity index (χ2v) is 7.50. The smallest absolute Gasteiger partial charge is 0.247 e. The van der Waals surface area contributed by atoms with Gasteiger partial charge in [0.15, 0.2) is 0 Å². The molecule has 6 nitrogen and oxygen atoms in total. The van der Waals surface area contributed by atoms with Gasteiger partial charge in [-0.25, -0.2) is 0 Å². The molecule has 0 saturated carbocycles. The first-order valence-corrected chi connectivity index (χ1v) is 8.83. The zero-order valence-electron chi connectivity index (χ0n) is 15.2. The molecule has 134 valence electrons. The van der Waals surface area contributed by atoms with Crippen molar-refractivity contribution in [3.8, 4) is 11.5 Å². The molecule has 1 aliphatic heterocycles.